The first-order chi connectivity index (χ1) is 15.6. The van der Waals surface area contributed by atoms with Gasteiger partial charge in [0.2, 0.25) is 0 Å². The zero-order chi connectivity index (χ0) is 21.8. The first-order valence-corrected chi connectivity index (χ1v) is 11.5. The molecule has 1 fully saturated rings. The molecule has 2 aliphatic heterocycles. The second kappa shape index (κ2) is 7.61. The summed E-state index contributed by atoms with van der Waals surface area (Å²) in [4.78, 5) is 20.2. The third kappa shape index (κ3) is 3.19. The van der Waals surface area contributed by atoms with Gasteiger partial charge in [-0.2, -0.15) is 0 Å². The van der Waals surface area contributed by atoms with Crippen LogP contribution in [0.5, 0.6) is 5.75 Å². The molecule has 0 radical (unpaired) electrons. The van der Waals surface area contributed by atoms with Crippen molar-refractivity contribution >= 4 is 28.0 Å². The van der Waals surface area contributed by atoms with Gasteiger partial charge in [0.05, 0.1) is 11.6 Å². The molecule has 0 saturated carbocycles. The molecule has 2 aromatic heterocycles. The van der Waals surface area contributed by atoms with E-state index in [1.807, 2.05) is 6.92 Å². The van der Waals surface area contributed by atoms with Gasteiger partial charge in [-0.05, 0) is 42.3 Å². The summed E-state index contributed by atoms with van der Waals surface area (Å²) < 4.78 is 7.71. The Morgan fingerprint density at radius 3 is 2.91 bits per heavy atom. The fourth-order valence-corrected chi connectivity index (χ4v) is 5.60. The van der Waals surface area contributed by atoms with Gasteiger partial charge < -0.3 is 9.64 Å². The second-order valence-electron chi connectivity index (χ2n) is 8.94. The number of rotatable bonds is 3. The van der Waals surface area contributed by atoms with Crippen LogP contribution in [0.3, 0.4) is 0 Å². The van der Waals surface area contributed by atoms with E-state index in [4.69, 9.17) is 16.3 Å². The quantitative estimate of drug-likeness (QED) is 0.467. The SMILES string of the molecule is Cc1nc2ccc(Cl)cn2c(=O)c1CCN1C[C@H]2COc3ccc4ccccc4c3[C@H]2C1. The second-order valence-corrected chi connectivity index (χ2v) is 9.38. The van der Waals surface area contributed by atoms with Crippen molar-refractivity contribution in [1.29, 1.82) is 0 Å². The highest BCUT2D eigenvalue weighted by Gasteiger charge is 2.39. The van der Waals surface area contributed by atoms with Crippen LogP contribution in [0.25, 0.3) is 16.4 Å². The molecule has 0 bridgehead atoms. The predicted molar refractivity (Wildman–Crippen MR) is 127 cm³/mol. The van der Waals surface area contributed by atoms with Crippen molar-refractivity contribution in [3.05, 3.63) is 86.9 Å². The van der Waals surface area contributed by atoms with E-state index in [0.29, 0.717) is 28.9 Å². The lowest BCUT2D eigenvalue weighted by Crippen LogP contribution is -2.28. The number of benzene rings is 2. The molecular formula is C26H24ClN3O2. The third-order valence-corrected chi connectivity index (χ3v) is 7.26. The van der Waals surface area contributed by atoms with Gasteiger partial charge in [-0.3, -0.25) is 9.20 Å². The maximum atomic E-state index is 13.1. The Balaban J connectivity index is 1.27. The summed E-state index contributed by atoms with van der Waals surface area (Å²) in [6.45, 7) is 5.48. The maximum absolute atomic E-state index is 13.1. The number of nitrogens with zero attached hydrogens (tertiary/aromatic N) is 3. The number of aromatic nitrogens is 2. The number of likely N-dealkylation sites (tertiary alicyclic amines) is 1. The van der Waals surface area contributed by atoms with Gasteiger partial charge in [0.1, 0.15) is 11.4 Å². The average Bonchev–Trinajstić information content (AvgIpc) is 3.22. The van der Waals surface area contributed by atoms with E-state index in [1.54, 1.807) is 22.7 Å². The lowest BCUT2D eigenvalue weighted by atomic mass is 9.84. The molecule has 32 heavy (non-hydrogen) atoms. The molecule has 162 valence electrons. The number of aryl methyl sites for hydroxylation is 1. The molecular weight excluding hydrogens is 422 g/mol. The van der Waals surface area contributed by atoms with E-state index in [1.165, 1.54) is 16.3 Å². The van der Waals surface area contributed by atoms with Gasteiger partial charge in [0.15, 0.2) is 0 Å². The number of halogens is 1. The van der Waals surface area contributed by atoms with Crippen LogP contribution in [0, 0.1) is 12.8 Å². The molecule has 5 nitrogen and oxygen atoms in total. The molecule has 0 aliphatic carbocycles. The molecule has 6 rings (SSSR count). The number of hydrogen-bond acceptors (Lipinski definition) is 4. The molecule has 4 aromatic rings. The zero-order valence-electron chi connectivity index (χ0n) is 17.9. The van der Waals surface area contributed by atoms with Crippen molar-refractivity contribution < 1.29 is 4.74 Å². The van der Waals surface area contributed by atoms with Crippen molar-refractivity contribution in [1.82, 2.24) is 14.3 Å². The molecule has 6 heteroatoms. The predicted octanol–water partition coefficient (Wildman–Crippen LogP) is 4.46. The first kappa shape index (κ1) is 19.8. The zero-order valence-corrected chi connectivity index (χ0v) is 18.7. The summed E-state index contributed by atoms with van der Waals surface area (Å²) in [5.74, 6) is 1.96. The molecule has 2 atom stereocenters. The van der Waals surface area contributed by atoms with Crippen LogP contribution in [0.1, 0.15) is 22.7 Å². The molecule has 2 aliphatic rings. The van der Waals surface area contributed by atoms with Crippen molar-refractivity contribution in [2.24, 2.45) is 5.92 Å². The molecule has 0 amide bonds. The Kier molecular flexibility index (Phi) is 4.70. The summed E-state index contributed by atoms with van der Waals surface area (Å²) in [5, 5.41) is 3.09. The van der Waals surface area contributed by atoms with Crippen LogP contribution in [0.2, 0.25) is 5.02 Å². The van der Waals surface area contributed by atoms with Crippen LogP contribution in [0.4, 0.5) is 0 Å². The van der Waals surface area contributed by atoms with Crippen molar-refractivity contribution in [3.8, 4) is 5.75 Å². The Morgan fingerprint density at radius 1 is 1.12 bits per heavy atom. The fourth-order valence-electron chi connectivity index (χ4n) is 5.44. The Morgan fingerprint density at radius 2 is 2.00 bits per heavy atom. The van der Waals surface area contributed by atoms with E-state index in [-0.39, 0.29) is 5.56 Å². The van der Waals surface area contributed by atoms with E-state index in [2.05, 4.69) is 46.3 Å². The van der Waals surface area contributed by atoms with Crippen molar-refractivity contribution in [3.63, 3.8) is 0 Å². The highest BCUT2D eigenvalue weighted by molar-refractivity contribution is 6.30. The number of ether oxygens (including phenoxy) is 1. The minimum atomic E-state index is -0.0220. The molecule has 0 N–H and O–H groups in total. The van der Waals surface area contributed by atoms with Crippen LogP contribution >= 0.6 is 11.6 Å². The monoisotopic (exact) mass is 445 g/mol. The van der Waals surface area contributed by atoms with Gasteiger partial charge in [0.25, 0.3) is 5.56 Å². The summed E-state index contributed by atoms with van der Waals surface area (Å²) in [5.41, 5.74) is 3.52. The lowest BCUT2D eigenvalue weighted by Gasteiger charge is -2.29. The average molecular weight is 446 g/mol. The number of fused-ring (bicyclic) bond motifs is 6. The largest absolute Gasteiger partial charge is 0.493 e. The van der Waals surface area contributed by atoms with Crippen LogP contribution in [-0.4, -0.2) is 40.5 Å². The van der Waals surface area contributed by atoms with E-state index in [9.17, 15) is 4.79 Å². The minimum absolute atomic E-state index is 0.0220. The van der Waals surface area contributed by atoms with Crippen molar-refractivity contribution in [2.45, 2.75) is 19.3 Å². The molecule has 0 unspecified atom stereocenters. The molecule has 4 heterocycles. The normalized spacial score (nSPS) is 20.3. The maximum Gasteiger partial charge on any atom is 0.261 e. The molecule has 2 aromatic carbocycles. The summed E-state index contributed by atoms with van der Waals surface area (Å²) in [7, 11) is 0. The van der Waals surface area contributed by atoms with Gasteiger partial charge in [-0.25, -0.2) is 4.98 Å². The van der Waals surface area contributed by atoms with E-state index in [0.717, 1.165) is 43.2 Å². The van der Waals surface area contributed by atoms with Gasteiger partial charge in [-0.15, -0.1) is 0 Å². The van der Waals surface area contributed by atoms with E-state index < -0.39 is 0 Å². The number of hydrogen-bond donors (Lipinski definition) is 0. The Labute approximate surface area is 191 Å². The topological polar surface area (TPSA) is 46.8 Å². The standard InChI is InChI=1S/C26H24ClN3O2/c1-16-20(26(31)30-13-19(27)7-9-24(30)28-16)10-11-29-12-18-15-32-23-8-6-17-4-2-3-5-21(17)25(23)22(18)14-29/h2-9,13,18,22H,10-12,14-15H2,1H3/t18-,22-/m0/s1. The minimum Gasteiger partial charge on any atom is -0.493 e. The molecule has 1 saturated heterocycles. The highest BCUT2D eigenvalue weighted by atomic mass is 35.5. The molecule has 0 spiro atoms. The summed E-state index contributed by atoms with van der Waals surface area (Å²) in [6, 6.07) is 16.4. The first-order valence-electron chi connectivity index (χ1n) is 11.1. The van der Waals surface area contributed by atoms with Crippen molar-refractivity contribution in [2.75, 3.05) is 26.2 Å². The van der Waals surface area contributed by atoms with Gasteiger partial charge in [0, 0.05) is 54.5 Å². The Bertz CT molecular complexity index is 1410. The summed E-state index contributed by atoms with van der Waals surface area (Å²) in [6.07, 6.45) is 2.33. The van der Waals surface area contributed by atoms with Crippen LogP contribution in [-0.2, 0) is 6.42 Å². The lowest BCUT2D eigenvalue weighted by molar-refractivity contribution is 0.214. The summed E-state index contributed by atoms with van der Waals surface area (Å²) >= 11 is 6.11. The van der Waals surface area contributed by atoms with Crippen LogP contribution in [0.15, 0.2) is 59.5 Å². The van der Waals surface area contributed by atoms with Gasteiger partial charge in [-0.1, -0.05) is 41.9 Å². The smallest absolute Gasteiger partial charge is 0.261 e. The third-order valence-electron chi connectivity index (χ3n) is 7.04. The fraction of sp³-hybridized carbons (Fsp3) is 0.308. The highest BCUT2D eigenvalue weighted by Crippen LogP contribution is 2.45. The van der Waals surface area contributed by atoms with Crippen LogP contribution < -0.4 is 10.3 Å². The Hall–Kier alpha value is -2.89. The van der Waals surface area contributed by atoms with E-state index >= 15 is 0 Å². The number of pyridine rings is 1. The van der Waals surface area contributed by atoms with Gasteiger partial charge >= 0.3 is 0 Å².